The Morgan fingerprint density at radius 1 is 1.11 bits per heavy atom. The standard InChI is InChI=1S/C21H26N2O4/c1-14(22-15(2)24)16-6-8-17(9-7-16)18(25)13-23-19(26)12-21(20(23)27)10-4-3-5-11-21/h6-9,14H,3-5,10-13H2,1-2H3,(H,22,24). The summed E-state index contributed by atoms with van der Waals surface area (Å²) < 4.78 is 0. The monoisotopic (exact) mass is 370 g/mol. The van der Waals surface area contributed by atoms with Crippen molar-refractivity contribution in [2.45, 2.75) is 58.4 Å². The van der Waals surface area contributed by atoms with Crippen molar-refractivity contribution in [3.05, 3.63) is 35.4 Å². The fraction of sp³-hybridized carbons (Fsp3) is 0.524. The average molecular weight is 370 g/mol. The number of Topliss-reactive ketones (excluding diaryl/α,β-unsaturated/α-hetero) is 1. The van der Waals surface area contributed by atoms with Crippen LogP contribution in [0.4, 0.5) is 0 Å². The lowest BCUT2D eigenvalue weighted by Crippen LogP contribution is -2.39. The van der Waals surface area contributed by atoms with Crippen molar-refractivity contribution < 1.29 is 19.2 Å². The van der Waals surface area contributed by atoms with Crippen molar-refractivity contribution in [1.29, 1.82) is 0 Å². The highest BCUT2D eigenvalue weighted by Gasteiger charge is 2.51. The minimum absolute atomic E-state index is 0.120. The number of amides is 3. The van der Waals surface area contributed by atoms with E-state index in [0.29, 0.717) is 5.56 Å². The summed E-state index contributed by atoms with van der Waals surface area (Å²) in [5.74, 6) is -0.767. The maximum absolute atomic E-state index is 12.8. The van der Waals surface area contributed by atoms with Gasteiger partial charge in [-0.1, -0.05) is 43.5 Å². The van der Waals surface area contributed by atoms with Gasteiger partial charge in [-0.3, -0.25) is 24.1 Å². The summed E-state index contributed by atoms with van der Waals surface area (Å²) in [6.45, 7) is 3.13. The maximum Gasteiger partial charge on any atom is 0.236 e. The first-order valence-electron chi connectivity index (χ1n) is 9.57. The molecule has 6 heteroatoms. The molecule has 27 heavy (non-hydrogen) atoms. The third kappa shape index (κ3) is 3.94. The molecule has 6 nitrogen and oxygen atoms in total. The zero-order chi connectivity index (χ0) is 19.6. The van der Waals surface area contributed by atoms with E-state index in [1.54, 1.807) is 24.3 Å². The molecule has 1 N–H and O–H groups in total. The van der Waals surface area contributed by atoms with Gasteiger partial charge in [-0.15, -0.1) is 0 Å². The second-order valence-corrected chi connectivity index (χ2v) is 7.77. The number of imide groups is 1. The van der Waals surface area contributed by atoms with Gasteiger partial charge in [0.05, 0.1) is 18.0 Å². The number of hydrogen-bond acceptors (Lipinski definition) is 4. The Balaban J connectivity index is 1.67. The number of ketones is 1. The number of nitrogens with one attached hydrogen (secondary N) is 1. The number of rotatable bonds is 5. The van der Waals surface area contributed by atoms with E-state index in [2.05, 4.69) is 5.32 Å². The second kappa shape index (κ2) is 7.62. The summed E-state index contributed by atoms with van der Waals surface area (Å²) >= 11 is 0. The molecule has 1 atom stereocenters. The largest absolute Gasteiger partial charge is 0.350 e. The van der Waals surface area contributed by atoms with E-state index in [1.807, 2.05) is 6.92 Å². The molecular weight excluding hydrogens is 344 g/mol. The van der Waals surface area contributed by atoms with Gasteiger partial charge in [-0.05, 0) is 25.3 Å². The summed E-state index contributed by atoms with van der Waals surface area (Å²) in [4.78, 5) is 50.1. The summed E-state index contributed by atoms with van der Waals surface area (Å²) in [7, 11) is 0. The van der Waals surface area contributed by atoms with Crippen LogP contribution in [0.25, 0.3) is 0 Å². The Kier molecular flexibility index (Phi) is 5.44. The normalized spacial score (nSPS) is 20.0. The van der Waals surface area contributed by atoms with Crippen molar-refractivity contribution in [3.8, 4) is 0 Å². The van der Waals surface area contributed by atoms with Crippen molar-refractivity contribution in [3.63, 3.8) is 0 Å². The van der Waals surface area contributed by atoms with Gasteiger partial charge in [-0.25, -0.2) is 0 Å². The van der Waals surface area contributed by atoms with Gasteiger partial charge in [0, 0.05) is 18.9 Å². The van der Waals surface area contributed by atoms with Crippen LogP contribution in [0.3, 0.4) is 0 Å². The minimum atomic E-state index is -0.562. The van der Waals surface area contributed by atoms with Gasteiger partial charge in [0.25, 0.3) is 0 Å². The summed E-state index contributed by atoms with van der Waals surface area (Å²) in [6.07, 6.45) is 4.77. The molecule has 2 fully saturated rings. The van der Waals surface area contributed by atoms with Crippen LogP contribution in [0.1, 0.15) is 74.3 Å². The van der Waals surface area contributed by atoms with E-state index in [9.17, 15) is 19.2 Å². The first kappa shape index (κ1) is 19.3. The van der Waals surface area contributed by atoms with E-state index in [-0.39, 0.29) is 42.5 Å². The molecule has 1 aliphatic carbocycles. The minimum Gasteiger partial charge on any atom is -0.350 e. The molecular formula is C21H26N2O4. The molecule has 0 radical (unpaired) electrons. The Labute approximate surface area is 159 Å². The SMILES string of the molecule is CC(=O)NC(C)c1ccc(C(=O)CN2C(=O)CC3(CCCCC3)C2=O)cc1. The van der Waals surface area contributed by atoms with Crippen molar-refractivity contribution in [2.75, 3.05) is 6.54 Å². The second-order valence-electron chi connectivity index (χ2n) is 7.77. The Bertz CT molecular complexity index is 763. The topological polar surface area (TPSA) is 83.6 Å². The summed E-state index contributed by atoms with van der Waals surface area (Å²) in [6, 6.07) is 6.77. The van der Waals surface area contributed by atoms with E-state index in [4.69, 9.17) is 0 Å². The Morgan fingerprint density at radius 2 is 1.74 bits per heavy atom. The van der Waals surface area contributed by atoms with Crippen molar-refractivity contribution in [1.82, 2.24) is 10.2 Å². The molecule has 144 valence electrons. The molecule has 3 amide bonds. The van der Waals surface area contributed by atoms with E-state index in [1.165, 1.54) is 6.92 Å². The van der Waals surface area contributed by atoms with Crippen molar-refractivity contribution in [2.24, 2.45) is 5.41 Å². The third-order valence-corrected chi connectivity index (χ3v) is 5.75. The van der Waals surface area contributed by atoms with Crippen LogP contribution in [-0.2, 0) is 14.4 Å². The molecule has 1 unspecified atom stereocenters. The number of carbonyl (C=O) groups excluding carboxylic acids is 4. The predicted molar refractivity (Wildman–Crippen MR) is 99.9 cm³/mol. The van der Waals surface area contributed by atoms with Crippen LogP contribution in [0.5, 0.6) is 0 Å². The molecule has 1 heterocycles. The molecule has 0 bridgehead atoms. The van der Waals surface area contributed by atoms with Crippen LogP contribution < -0.4 is 5.32 Å². The smallest absolute Gasteiger partial charge is 0.236 e. The Morgan fingerprint density at radius 3 is 2.33 bits per heavy atom. The van der Waals surface area contributed by atoms with E-state index in [0.717, 1.165) is 42.6 Å². The average Bonchev–Trinajstić information content (AvgIpc) is 2.86. The van der Waals surface area contributed by atoms with Gasteiger partial charge >= 0.3 is 0 Å². The van der Waals surface area contributed by atoms with Crippen LogP contribution in [0.2, 0.25) is 0 Å². The highest BCUT2D eigenvalue weighted by Crippen LogP contribution is 2.45. The molecule has 2 aliphatic rings. The van der Waals surface area contributed by atoms with Crippen molar-refractivity contribution >= 4 is 23.5 Å². The molecule has 1 saturated carbocycles. The molecule has 1 aliphatic heterocycles. The van der Waals surface area contributed by atoms with E-state index < -0.39 is 5.41 Å². The molecule has 1 aromatic carbocycles. The fourth-order valence-corrected chi connectivity index (χ4v) is 4.22. The number of carbonyl (C=O) groups is 4. The van der Waals surface area contributed by atoms with Crippen LogP contribution in [0, 0.1) is 5.41 Å². The molecule has 3 rings (SSSR count). The van der Waals surface area contributed by atoms with Gasteiger partial charge in [0.2, 0.25) is 17.7 Å². The predicted octanol–water partition coefficient (Wildman–Crippen LogP) is 2.78. The Hall–Kier alpha value is -2.50. The first-order valence-corrected chi connectivity index (χ1v) is 9.57. The zero-order valence-electron chi connectivity index (χ0n) is 15.9. The molecule has 1 saturated heterocycles. The summed E-state index contributed by atoms with van der Waals surface area (Å²) in [5, 5.41) is 2.79. The lowest BCUT2D eigenvalue weighted by molar-refractivity contribution is -0.141. The molecule has 1 aromatic rings. The third-order valence-electron chi connectivity index (χ3n) is 5.75. The lowest BCUT2D eigenvalue weighted by Gasteiger charge is -2.30. The molecule has 1 spiro atoms. The number of likely N-dealkylation sites (tertiary alicyclic amines) is 1. The number of benzene rings is 1. The highest BCUT2D eigenvalue weighted by molar-refractivity contribution is 6.10. The number of nitrogens with zero attached hydrogens (tertiary/aromatic N) is 1. The van der Waals surface area contributed by atoms with Gasteiger partial charge in [-0.2, -0.15) is 0 Å². The van der Waals surface area contributed by atoms with Crippen LogP contribution >= 0.6 is 0 Å². The van der Waals surface area contributed by atoms with Crippen LogP contribution in [-0.4, -0.2) is 34.9 Å². The highest BCUT2D eigenvalue weighted by atomic mass is 16.2. The van der Waals surface area contributed by atoms with Gasteiger partial charge in [0.15, 0.2) is 5.78 Å². The van der Waals surface area contributed by atoms with Crippen LogP contribution in [0.15, 0.2) is 24.3 Å². The maximum atomic E-state index is 12.8. The fourth-order valence-electron chi connectivity index (χ4n) is 4.22. The quantitative estimate of drug-likeness (QED) is 0.638. The van der Waals surface area contributed by atoms with Gasteiger partial charge in [0.1, 0.15) is 0 Å². The first-order chi connectivity index (χ1) is 12.8. The lowest BCUT2D eigenvalue weighted by atomic mass is 9.73. The van der Waals surface area contributed by atoms with E-state index >= 15 is 0 Å². The number of hydrogen-bond donors (Lipinski definition) is 1. The van der Waals surface area contributed by atoms with Gasteiger partial charge < -0.3 is 5.32 Å². The zero-order valence-corrected chi connectivity index (χ0v) is 15.9. The summed E-state index contributed by atoms with van der Waals surface area (Å²) in [5.41, 5.74) is 0.781. The molecule has 0 aromatic heterocycles.